The van der Waals surface area contributed by atoms with Crippen LogP contribution in [-0.4, -0.2) is 0 Å². The van der Waals surface area contributed by atoms with Gasteiger partial charge in [0.2, 0.25) is 0 Å². The number of benzene rings is 9. The van der Waals surface area contributed by atoms with Crippen molar-refractivity contribution < 1.29 is 0 Å². The van der Waals surface area contributed by atoms with E-state index in [1.54, 1.807) is 0 Å². The first-order chi connectivity index (χ1) is 33.4. The minimum Gasteiger partial charge on any atom is -0.0840 e. The molecule has 11 aromatic carbocycles. The molecule has 0 aliphatic rings. The average molecular weight is 984 g/mol. The maximum atomic E-state index is 7.64. The molecule has 0 saturated heterocycles. The summed E-state index contributed by atoms with van der Waals surface area (Å²) in [6.45, 7) is 41.6. The zero-order valence-corrected chi connectivity index (χ0v) is 47.7. The summed E-state index contributed by atoms with van der Waals surface area (Å²) in [5, 5.41) is 22.1. The van der Waals surface area contributed by atoms with E-state index in [2.05, 4.69) is 234 Å². The molecule has 0 radical (unpaired) electrons. The van der Waals surface area contributed by atoms with Crippen molar-refractivity contribution in [1.29, 1.82) is 0 Å². The molecule has 0 amide bonds. The monoisotopic (exact) mass is 983 g/mol. The molecular formula is C70H72Cl2. The molecule has 0 aromatic heterocycles. The van der Waals surface area contributed by atoms with Gasteiger partial charge in [0.15, 0.2) is 0 Å². The number of hydrogen-bond donors (Lipinski definition) is 0. The highest BCUT2D eigenvalue weighted by Gasteiger charge is 2.33. The molecule has 0 atom stereocenters. The normalized spacial score (nSPS) is 13.8. The summed E-state index contributed by atoms with van der Waals surface area (Å²) in [6, 6.07) is 43.3. The topological polar surface area (TPSA) is 0 Å². The summed E-state index contributed by atoms with van der Waals surface area (Å²) < 4.78 is 0. The third kappa shape index (κ3) is 7.35. The fourth-order valence-corrected chi connectivity index (χ4v) is 13.1. The van der Waals surface area contributed by atoms with Gasteiger partial charge in [-0.05, 0) is 211 Å². The van der Waals surface area contributed by atoms with Crippen LogP contribution in [-0.2, 0) is 32.5 Å². The van der Waals surface area contributed by atoms with Crippen molar-refractivity contribution in [3.05, 3.63) is 153 Å². The highest BCUT2D eigenvalue weighted by molar-refractivity contribution is 6.56. The van der Waals surface area contributed by atoms with Crippen LogP contribution < -0.4 is 0 Å². The second kappa shape index (κ2) is 15.6. The minimum atomic E-state index is -0.195. The van der Waals surface area contributed by atoms with E-state index in [1.165, 1.54) is 131 Å². The fourth-order valence-electron chi connectivity index (χ4n) is 12.3. The summed E-state index contributed by atoms with van der Waals surface area (Å²) >= 11 is 15.3. The van der Waals surface area contributed by atoms with Crippen LogP contribution in [0.5, 0.6) is 0 Å². The molecule has 0 spiro atoms. The van der Waals surface area contributed by atoms with E-state index in [-0.39, 0.29) is 32.5 Å². The van der Waals surface area contributed by atoms with Gasteiger partial charge in [0.05, 0.1) is 0 Å². The van der Waals surface area contributed by atoms with Gasteiger partial charge in [-0.25, -0.2) is 0 Å². The quantitative estimate of drug-likeness (QED) is 0.120. The molecule has 72 heavy (non-hydrogen) atoms. The Kier molecular flexibility index (Phi) is 10.6. The Bertz CT molecular complexity index is 3770. The maximum Gasteiger partial charge on any atom is 0.0449 e. The molecule has 0 unspecified atom stereocenters. The van der Waals surface area contributed by atoms with Crippen molar-refractivity contribution in [2.75, 3.05) is 0 Å². The van der Waals surface area contributed by atoms with E-state index in [4.69, 9.17) is 23.2 Å². The molecule has 0 saturated carbocycles. The summed E-state index contributed by atoms with van der Waals surface area (Å²) in [7, 11) is 0. The second-order valence-corrected chi connectivity index (χ2v) is 28.5. The molecule has 0 fully saturated rings. The van der Waals surface area contributed by atoms with Crippen LogP contribution in [0.15, 0.2) is 109 Å². The van der Waals surface area contributed by atoms with Gasteiger partial charge in [0.1, 0.15) is 0 Å². The lowest BCUT2D eigenvalue weighted by atomic mass is 9.79. The Hall–Kier alpha value is -5.40. The van der Waals surface area contributed by atoms with E-state index in [0.29, 0.717) is 0 Å². The molecular weight excluding hydrogens is 912 g/mol. The van der Waals surface area contributed by atoms with Crippen molar-refractivity contribution in [2.24, 2.45) is 0 Å². The number of halogens is 2. The fraction of sp³-hybridized carbons (Fsp3) is 0.343. The van der Waals surface area contributed by atoms with Gasteiger partial charge in [-0.2, -0.15) is 0 Å². The van der Waals surface area contributed by atoms with Crippen molar-refractivity contribution in [2.45, 2.75) is 157 Å². The standard InChI is InChI=1S/C70H72Cl2/c1-65(2,3)39-23-19-37(20-24-39)55-45-31-41(67(7,8)9)27-29-43(45)57-62-48-34-52(70(16,17)18)54(72)36-50(48)60-56(38-21-25-40(26-22-38)66(4,5)6)46-32-42(68(10,11)12)28-30-44(46)58(64(60)62)61-47-33-51(69(13,14)15)53(71)35-49(47)59(55)63(57)61/h19-36H,1-18H3. The number of rotatable bonds is 2. The Morgan fingerprint density at radius 1 is 0.236 bits per heavy atom. The highest BCUT2D eigenvalue weighted by Crippen LogP contribution is 2.60. The third-order valence-corrected chi connectivity index (χ3v) is 17.0. The van der Waals surface area contributed by atoms with Gasteiger partial charge >= 0.3 is 0 Å². The van der Waals surface area contributed by atoms with E-state index >= 15 is 0 Å². The molecule has 0 nitrogen and oxygen atoms in total. The third-order valence-electron chi connectivity index (χ3n) is 16.3. The van der Waals surface area contributed by atoms with Gasteiger partial charge in [-0.1, -0.05) is 221 Å². The molecule has 0 N–H and O–H groups in total. The van der Waals surface area contributed by atoms with Gasteiger partial charge in [0, 0.05) is 10.0 Å². The van der Waals surface area contributed by atoms with Crippen LogP contribution in [0.2, 0.25) is 10.0 Å². The predicted octanol–water partition coefficient (Wildman–Crippen LogP) is 22.2. The van der Waals surface area contributed by atoms with E-state index < -0.39 is 0 Å². The molecule has 2 heteroatoms. The van der Waals surface area contributed by atoms with Crippen molar-refractivity contribution in [3.8, 4) is 22.3 Å². The van der Waals surface area contributed by atoms with Crippen LogP contribution in [0.25, 0.3) is 108 Å². The molecule has 366 valence electrons. The summed E-state index contributed by atoms with van der Waals surface area (Å²) in [6.07, 6.45) is 0. The highest BCUT2D eigenvalue weighted by atomic mass is 35.5. The van der Waals surface area contributed by atoms with E-state index in [0.717, 1.165) is 21.2 Å². The van der Waals surface area contributed by atoms with Crippen molar-refractivity contribution >= 4 is 109 Å². The smallest absolute Gasteiger partial charge is 0.0449 e. The molecule has 0 heterocycles. The van der Waals surface area contributed by atoms with Crippen LogP contribution in [0.3, 0.4) is 0 Å². The maximum absolute atomic E-state index is 7.64. The first kappa shape index (κ1) is 48.8. The Morgan fingerprint density at radius 3 is 0.806 bits per heavy atom. The molecule has 0 aliphatic carbocycles. The number of fused-ring (bicyclic) bond motifs is 12. The second-order valence-electron chi connectivity index (χ2n) is 27.7. The zero-order valence-electron chi connectivity index (χ0n) is 46.1. The number of hydrogen-bond acceptors (Lipinski definition) is 0. The molecule has 11 rings (SSSR count). The Labute approximate surface area is 438 Å². The van der Waals surface area contributed by atoms with Crippen LogP contribution in [0.1, 0.15) is 158 Å². The largest absolute Gasteiger partial charge is 0.0840 e. The van der Waals surface area contributed by atoms with Crippen molar-refractivity contribution in [3.63, 3.8) is 0 Å². The summed E-state index contributed by atoms with van der Waals surface area (Å²) in [4.78, 5) is 0. The molecule has 11 aromatic rings. The Morgan fingerprint density at radius 2 is 0.514 bits per heavy atom. The molecule has 0 aliphatic heterocycles. The van der Waals surface area contributed by atoms with Crippen LogP contribution in [0.4, 0.5) is 0 Å². The first-order valence-corrected chi connectivity index (χ1v) is 27.1. The lowest BCUT2D eigenvalue weighted by molar-refractivity contribution is 0.590. The van der Waals surface area contributed by atoms with Gasteiger partial charge in [-0.15, -0.1) is 0 Å². The SMILES string of the molecule is CC(C)(C)c1ccc(-c2c3cc(C(C)(C)C)ccc3c3c4c5cc(C(C)(C)C)c(Cl)cc5c5c(-c6ccc(C(C)(C)C)cc6)c6cc(C(C)(C)C)ccc6c(c6c7cc(C(C)(C)C)c(Cl)cc7c2c36)c54)cc1. The summed E-state index contributed by atoms with van der Waals surface area (Å²) in [5.41, 5.74) is 12.1. The van der Waals surface area contributed by atoms with Crippen LogP contribution >= 0.6 is 23.2 Å². The first-order valence-electron chi connectivity index (χ1n) is 26.3. The van der Waals surface area contributed by atoms with E-state index in [9.17, 15) is 0 Å². The lowest BCUT2D eigenvalue weighted by Gasteiger charge is -2.24. The summed E-state index contributed by atoms with van der Waals surface area (Å²) in [5.74, 6) is 0. The molecule has 0 bridgehead atoms. The zero-order chi connectivity index (χ0) is 51.9. The average Bonchev–Trinajstić information content (AvgIpc) is 3.77. The van der Waals surface area contributed by atoms with E-state index in [1.807, 2.05) is 0 Å². The lowest BCUT2D eigenvalue weighted by Crippen LogP contribution is -2.11. The van der Waals surface area contributed by atoms with Crippen LogP contribution in [0, 0.1) is 0 Å². The van der Waals surface area contributed by atoms with Gasteiger partial charge in [-0.3, -0.25) is 0 Å². The Balaban J connectivity index is 1.53. The van der Waals surface area contributed by atoms with Crippen molar-refractivity contribution in [1.82, 2.24) is 0 Å². The predicted molar refractivity (Wildman–Crippen MR) is 322 cm³/mol. The van der Waals surface area contributed by atoms with Gasteiger partial charge < -0.3 is 0 Å². The van der Waals surface area contributed by atoms with Gasteiger partial charge in [0.25, 0.3) is 0 Å². The minimum absolute atomic E-state index is 0.0151.